The molecule has 1 N–H and O–H groups in total. The van der Waals surface area contributed by atoms with Crippen molar-refractivity contribution < 1.29 is 12.8 Å². The van der Waals surface area contributed by atoms with Gasteiger partial charge in [0.2, 0.25) is 10.0 Å². The Kier molecular flexibility index (Phi) is 4.04. The van der Waals surface area contributed by atoms with Gasteiger partial charge in [0.25, 0.3) is 0 Å². The molecule has 3 nitrogen and oxygen atoms in total. The fourth-order valence-corrected chi connectivity index (χ4v) is 2.13. The van der Waals surface area contributed by atoms with Crippen molar-refractivity contribution in [2.24, 2.45) is 0 Å². The zero-order valence-corrected chi connectivity index (χ0v) is 10.4. The lowest BCUT2D eigenvalue weighted by Gasteiger charge is -2.16. The van der Waals surface area contributed by atoms with E-state index < -0.39 is 21.3 Å². The van der Waals surface area contributed by atoms with Crippen LogP contribution < -0.4 is 4.72 Å². The topological polar surface area (TPSA) is 46.2 Å². The lowest BCUT2D eigenvalue weighted by atomic mass is 10.1. The molecule has 0 unspecified atom stereocenters. The number of rotatable bonds is 4. The van der Waals surface area contributed by atoms with Crippen molar-refractivity contribution in [1.82, 2.24) is 4.72 Å². The van der Waals surface area contributed by atoms with E-state index in [1.54, 1.807) is 32.9 Å². The first kappa shape index (κ1) is 13.1. The third kappa shape index (κ3) is 3.28. The minimum Gasteiger partial charge on any atom is -0.212 e. The van der Waals surface area contributed by atoms with Gasteiger partial charge in [0, 0.05) is 6.04 Å². The molecule has 0 aliphatic rings. The normalized spacial score (nSPS) is 14.1. The molecular weight excluding hydrogens is 229 g/mol. The van der Waals surface area contributed by atoms with Crippen LogP contribution in [0, 0.1) is 5.82 Å². The molecule has 0 amide bonds. The second-order valence-electron chi connectivity index (χ2n) is 3.99. The van der Waals surface area contributed by atoms with Gasteiger partial charge < -0.3 is 0 Å². The molecule has 0 aliphatic heterocycles. The van der Waals surface area contributed by atoms with Crippen molar-refractivity contribution in [3.05, 3.63) is 35.6 Å². The van der Waals surface area contributed by atoms with E-state index in [2.05, 4.69) is 4.72 Å². The van der Waals surface area contributed by atoms with Gasteiger partial charge >= 0.3 is 0 Å². The fourth-order valence-electron chi connectivity index (χ4n) is 1.23. The number of halogens is 1. The van der Waals surface area contributed by atoms with E-state index in [1.165, 1.54) is 12.1 Å². The Hall–Kier alpha value is -0.940. The maximum Gasteiger partial charge on any atom is 0.214 e. The van der Waals surface area contributed by atoms with Gasteiger partial charge in [0.05, 0.1) is 5.25 Å². The summed E-state index contributed by atoms with van der Waals surface area (Å²) in [5.41, 5.74) is 0.615. The molecule has 0 aliphatic carbocycles. The van der Waals surface area contributed by atoms with Gasteiger partial charge in [-0.1, -0.05) is 12.1 Å². The monoisotopic (exact) mass is 245 g/mol. The minimum atomic E-state index is -3.33. The molecule has 0 bridgehead atoms. The van der Waals surface area contributed by atoms with E-state index in [1.807, 2.05) is 0 Å². The van der Waals surface area contributed by atoms with Crippen LogP contribution in [-0.4, -0.2) is 13.7 Å². The highest BCUT2D eigenvalue weighted by molar-refractivity contribution is 7.90. The summed E-state index contributed by atoms with van der Waals surface area (Å²) in [4.78, 5) is 0. The van der Waals surface area contributed by atoms with Crippen molar-refractivity contribution in [3.8, 4) is 0 Å². The third-order valence-corrected chi connectivity index (χ3v) is 4.23. The largest absolute Gasteiger partial charge is 0.214 e. The fraction of sp³-hybridized carbons (Fsp3) is 0.455. The smallest absolute Gasteiger partial charge is 0.212 e. The summed E-state index contributed by atoms with van der Waals surface area (Å²) >= 11 is 0. The number of nitrogens with one attached hydrogen (secondary N) is 1. The average Bonchev–Trinajstić information content (AvgIpc) is 2.16. The molecule has 1 aromatic rings. The molecule has 5 heteroatoms. The summed E-state index contributed by atoms with van der Waals surface area (Å²) < 4.78 is 38.6. The molecular formula is C11H16FNO2S. The van der Waals surface area contributed by atoms with Crippen LogP contribution in [0.3, 0.4) is 0 Å². The Morgan fingerprint density at radius 2 is 1.88 bits per heavy atom. The predicted octanol–water partition coefficient (Wildman–Crippen LogP) is 2.21. The number of hydrogen-bond donors (Lipinski definition) is 1. The second kappa shape index (κ2) is 4.93. The first-order chi connectivity index (χ1) is 7.33. The molecule has 1 rings (SSSR count). The van der Waals surface area contributed by atoms with Gasteiger partial charge in [-0.25, -0.2) is 17.5 Å². The molecule has 0 fully saturated rings. The molecule has 0 saturated carbocycles. The highest BCUT2D eigenvalue weighted by atomic mass is 32.2. The lowest BCUT2D eigenvalue weighted by Crippen LogP contribution is -2.32. The molecule has 0 heterocycles. The average molecular weight is 245 g/mol. The van der Waals surface area contributed by atoms with Gasteiger partial charge in [-0.15, -0.1) is 0 Å². The molecule has 16 heavy (non-hydrogen) atoms. The Morgan fingerprint density at radius 3 is 2.38 bits per heavy atom. The maximum atomic E-state index is 12.9. The quantitative estimate of drug-likeness (QED) is 0.884. The molecule has 90 valence electrons. The van der Waals surface area contributed by atoms with Crippen LogP contribution in [0.4, 0.5) is 4.39 Å². The van der Waals surface area contributed by atoms with E-state index in [0.29, 0.717) is 5.56 Å². The van der Waals surface area contributed by atoms with Crippen LogP contribution in [0.25, 0.3) is 0 Å². The van der Waals surface area contributed by atoms with Crippen LogP contribution in [-0.2, 0) is 10.0 Å². The summed E-state index contributed by atoms with van der Waals surface area (Å²) in [6, 6.07) is 5.48. The van der Waals surface area contributed by atoms with E-state index in [9.17, 15) is 12.8 Å². The molecule has 1 aromatic carbocycles. The minimum absolute atomic E-state index is 0.368. The van der Waals surface area contributed by atoms with Crippen LogP contribution in [0.15, 0.2) is 24.3 Å². The Labute approximate surface area is 95.7 Å². The van der Waals surface area contributed by atoms with Crippen LogP contribution >= 0.6 is 0 Å². The highest BCUT2D eigenvalue weighted by Gasteiger charge is 2.19. The van der Waals surface area contributed by atoms with Gasteiger partial charge in [-0.05, 0) is 38.5 Å². The Balaban J connectivity index is 2.85. The standard InChI is InChI=1S/C11H16FNO2S/c1-8(2)16(14,15)13-9(3)10-5-4-6-11(12)7-10/h4-9,13H,1-3H3/t9-/m0/s1. The van der Waals surface area contributed by atoms with Crippen LogP contribution in [0.2, 0.25) is 0 Å². The van der Waals surface area contributed by atoms with E-state index in [4.69, 9.17) is 0 Å². The predicted molar refractivity (Wildman–Crippen MR) is 62.0 cm³/mol. The molecule has 0 spiro atoms. The summed E-state index contributed by atoms with van der Waals surface area (Å²) in [5, 5.41) is -0.497. The molecule has 1 atom stereocenters. The van der Waals surface area contributed by atoms with Gasteiger partial charge in [0.1, 0.15) is 5.82 Å². The lowest BCUT2D eigenvalue weighted by molar-refractivity contribution is 0.556. The van der Waals surface area contributed by atoms with Gasteiger partial charge in [-0.3, -0.25) is 0 Å². The summed E-state index contributed by atoms with van der Waals surface area (Å²) in [7, 11) is -3.33. The van der Waals surface area contributed by atoms with Gasteiger partial charge in [0.15, 0.2) is 0 Å². The zero-order valence-electron chi connectivity index (χ0n) is 9.57. The number of benzene rings is 1. The van der Waals surface area contributed by atoms with Crippen molar-refractivity contribution in [3.63, 3.8) is 0 Å². The number of sulfonamides is 1. The molecule has 0 saturated heterocycles. The molecule has 0 aromatic heterocycles. The van der Waals surface area contributed by atoms with Crippen molar-refractivity contribution in [2.45, 2.75) is 32.1 Å². The molecule has 0 radical (unpaired) electrons. The third-order valence-electron chi connectivity index (χ3n) is 2.31. The maximum absolute atomic E-state index is 12.9. The van der Waals surface area contributed by atoms with Crippen molar-refractivity contribution >= 4 is 10.0 Å². The van der Waals surface area contributed by atoms with E-state index in [0.717, 1.165) is 0 Å². The van der Waals surface area contributed by atoms with Crippen LogP contribution in [0.5, 0.6) is 0 Å². The summed E-state index contributed by atoms with van der Waals surface area (Å²) in [6.07, 6.45) is 0. The summed E-state index contributed by atoms with van der Waals surface area (Å²) in [6.45, 7) is 4.88. The highest BCUT2D eigenvalue weighted by Crippen LogP contribution is 2.15. The van der Waals surface area contributed by atoms with Crippen molar-refractivity contribution in [2.75, 3.05) is 0 Å². The van der Waals surface area contributed by atoms with Crippen LogP contribution in [0.1, 0.15) is 32.4 Å². The first-order valence-corrected chi connectivity index (χ1v) is 6.64. The summed E-state index contributed by atoms with van der Waals surface area (Å²) in [5.74, 6) is -0.368. The first-order valence-electron chi connectivity index (χ1n) is 5.09. The van der Waals surface area contributed by atoms with E-state index in [-0.39, 0.29) is 5.82 Å². The van der Waals surface area contributed by atoms with Gasteiger partial charge in [-0.2, -0.15) is 0 Å². The van der Waals surface area contributed by atoms with Crippen molar-refractivity contribution in [1.29, 1.82) is 0 Å². The van der Waals surface area contributed by atoms with E-state index >= 15 is 0 Å². The SMILES string of the molecule is CC(C)S(=O)(=O)N[C@@H](C)c1cccc(F)c1. The Morgan fingerprint density at radius 1 is 1.25 bits per heavy atom. The second-order valence-corrected chi connectivity index (χ2v) is 6.26. The zero-order chi connectivity index (χ0) is 12.3. The Bertz CT molecular complexity index is 457. The number of hydrogen-bond acceptors (Lipinski definition) is 2.